The third-order valence-electron chi connectivity index (χ3n) is 2.58. The molecule has 1 aliphatic rings. The van der Waals surface area contributed by atoms with Crippen molar-refractivity contribution in [3.8, 4) is 0 Å². The largest absolute Gasteiger partial charge is 0.444 e. The molecule has 1 N–H and O–H groups in total. The number of pyridine rings is 1. The first kappa shape index (κ1) is 13.7. The number of aromatic nitrogens is 1. The molecule has 0 bridgehead atoms. The van der Waals surface area contributed by atoms with Crippen LogP contribution in [0.1, 0.15) is 32.4 Å². The maximum absolute atomic E-state index is 14.1. The summed E-state index contributed by atoms with van der Waals surface area (Å²) in [6, 6.07) is 1.41. The number of hydrogen-bond donors (Lipinski definition) is 1. The molecular weight excluding hydrogens is 251 g/mol. The molecule has 104 valence electrons. The molecule has 0 aliphatic carbocycles. The Morgan fingerprint density at radius 1 is 1.53 bits per heavy atom. The van der Waals surface area contributed by atoms with Crippen LogP contribution in [0.3, 0.4) is 0 Å². The second-order valence-electron chi connectivity index (χ2n) is 5.42. The van der Waals surface area contributed by atoms with E-state index < -0.39 is 17.5 Å². The number of amides is 1. The molecule has 2 heterocycles. The number of nitrogens with one attached hydrogen (secondary N) is 1. The highest BCUT2D eigenvalue weighted by molar-refractivity contribution is 5.85. The van der Waals surface area contributed by atoms with Crippen molar-refractivity contribution in [2.75, 3.05) is 18.5 Å². The van der Waals surface area contributed by atoms with Gasteiger partial charge in [-0.15, -0.1) is 0 Å². The molecule has 1 saturated heterocycles. The quantitative estimate of drug-likeness (QED) is 0.895. The van der Waals surface area contributed by atoms with E-state index in [2.05, 4.69) is 10.3 Å². The van der Waals surface area contributed by atoms with Gasteiger partial charge in [-0.05, 0) is 26.8 Å². The Morgan fingerprint density at radius 3 is 2.74 bits per heavy atom. The summed E-state index contributed by atoms with van der Waals surface area (Å²) in [5.41, 5.74) is -0.232. The van der Waals surface area contributed by atoms with Gasteiger partial charge in [0.2, 0.25) is 0 Å². The fourth-order valence-electron chi connectivity index (χ4n) is 1.65. The van der Waals surface area contributed by atoms with Crippen LogP contribution >= 0.6 is 0 Å². The van der Waals surface area contributed by atoms with Crippen LogP contribution in [-0.4, -0.2) is 29.9 Å². The van der Waals surface area contributed by atoms with Gasteiger partial charge in [-0.25, -0.2) is 9.18 Å². The van der Waals surface area contributed by atoms with Gasteiger partial charge in [0, 0.05) is 6.20 Å². The minimum atomic E-state index is -0.687. The molecule has 1 aliphatic heterocycles. The Labute approximate surface area is 111 Å². The molecule has 0 atom stereocenters. The number of hydrogen-bond acceptors (Lipinski definition) is 4. The second-order valence-corrected chi connectivity index (χ2v) is 5.42. The Bertz CT molecular complexity index is 481. The van der Waals surface area contributed by atoms with E-state index >= 15 is 0 Å². The third kappa shape index (κ3) is 3.41. The molecule has 19 heavy (non-hydrogen) atoms. The first-order valence-electron chi connectivity index (χ1n) is 6.09. The number of carbonyl (C=O) groups is 1. The number of nitrogens with zero attached hydrogens (tertiary/aromatic N) is 1. The minimum absolute atomic E-state index is 0.0413. The van der Waals surface area contributed by atoms with E-state index in [1.165, 1.54) is 12.3 Å². The van der Waals surface area contributed by atoms with Gasteiger partial charge >= 0.3 is 6.09 Å². The molecule has 0 unspecified atom stereocenters. The number of anilines is 1. The summed E-state index contributed by atoms with van der Waals surface area (Å²) in [6.45, 7) is 6.14. The summed E-state index contributed by atoms with van der Waals surface area (Å²) in [5, 5.41) is 2.39. The Hall–Kier alpha value is -1.69. The van der Waals surface area contributed by atoms with Crippen LogP contribution in [0.4, 0.5) is 14.9 Å². The first-order valence-corrected chi connectivity index (χ1v) is 6.09. The van der Waals surface area contributed by atoms with Gasteiger partial charge in [-0.3, -0.25) is 10.3 Å². The van der Waals surface area contributed by atoms with E-state index in [0.29, 0.717) is 18.9 Å². The lowest BCUT2D eigenvalue weighted by molar-refractivity contribution is 0.00524. The Kier molecular flexibility index (Phi) is 3.71. The SMILES string of the molecule is CC(C)(C)OC(=O)Nc1ccnc(C2COC2)c1F. The molecule has 2 rings (SSSR count). The van der Waals surface area contributed by atoms with Crippen LogP contribution in [0.25, 0.3) is 0 Å². The molecule has 1 fully saturated rings. The van der Waals surface area contributed by atoms with Crippen molar-refractivity contribution < 1.29 is 18.7 Å². The van der Waals surface area contributed by atoms with Crippen molar-refractivity contribution in [2.24, 2.45) is 0 Å². The van der Waals surface area contributed by atoms with Gasteiger partial charge in [0.1, 0.15) is 5.60 Å². The van der Waals surface area contributed by atoms with E-state index in [4.69, 9.17) is 9.47 Å². The summed E-state index contributed by atoms with van der Waals surface area (Å²) in [7, 11) is 0. The van der Waals surface area contributed by atoms with Crippen LogP contribution in [0.2, 0.25) is 0 Å². The molecule has 0 spiro atoms. The molecule has 0 saturated carbocycles. The van der Waals surface area contributed by atoms with Crippen molar-refractivity contribution in [3.63, 3.8) is 0 Å². The highest BCUT2D eigenvalue weighted by atomic mass is 19.1. The number of rotatable bonds is 2. The van der Waals surface area contributed by atoms with Gasteiger partial charge in [0.05, 0.1) is 30.5 Å². The van der Waals surface area contributed by atoms with Crippen LogP contribution < -0.4 is 5.32 Å². The smallest absolute Gasteiger partial charge is 0.412 e. The monoisotopic (exact) mass is 268 g/mol. The summed E-state index contributed by atoms with van der Waals surface area (Å²) in [5.74, 6) is -0.568. The van der Waals surface area contributed by atoms with Crippen molar-refractivity contribution in [3.05, 3.63) is 23.8 Å². The lowest BCUT2D eigenvalue weighted by Crippen LogP contribution is -2.29. The average Bonchev–Trinajstić information content (AvgIpc) is 2.18. The standard InChI is InChI=1S/C13H17FN2O3/c1-13(2,3)19-12(17)16-9-4-5-15-11(10(9)14)8-6-18-7-8/h4-5,8H,6-7H2,1-3H3,(H,15,16,17). The van der Waals surface area contributed by atoms with Crippen molar-refractivity contribution >= 4 is 11.8 Å². The first-order chi connectivity index (χ1) is 8.87. The van der Waals surface area contributed by atoms with E-state index in [9.17, 15) is 9.18 Å². The van der Waals surface area contributed by atoms with Crippen molar-refractivity contribution in [1.82, 2.24) is 4.98 Å². The summed E-state index contributed by atoms with van der Waals surface area (Å²) in [6.07, 6.45) is 0.775. The molecular formula is C13H17FN2O3. The van der Waals surface area contributed by atoms with Crippen LogP contribution in [0.5, 0.6) is 0 Å². The zero-order valence-electron chi connectivity index (χ0n) is 11.2. The molecule has 1 aromatic rings. The second kappa shape index (κ2) is 5.13. The fourth-order valence-corrected chi connectivity index (χ4v) is 1.65. The average molecular weight is 268 g/mol. The van der Waals surface area contributed by atoms with Crippen LogP contribution in [0.15, 0.2) is 12.3 Å². The predicted molar refractivity (Wildman–Crippen MR) is 67.6 cm³/mol. The van der Waals surface area contributed by atoms with Gasteiger partial charge < -0.3 is 9.47 Å². The zero-order chi connectivity index (χ0) is 14.0. The van der Waals surface area contributed by atoms with Crippen molar-refractivity contribution in [2.45, 2.75) is 32.3 Å². The molecule has 1 aromatic heterocycles. The number of halogens is 1. The lowest BCUT2D eigenvalue weighted by atomic mass is 10.0. The lowest BCUT2D eigenvalue weighted by Gasteiger charge is -2.26. The number of ether oxygens (including phenoxy) is 2. The van der Waals surface area contributed by atoms with E-state index in [1.807, 2.05) is 0 Å². The maximum Gasteiger partial charge on any atom is 0.412 e. The molecule has 0 radical (unpaired) electrons. The van der Waals surface area contributed by atoms with E-state index in [-0.39, 0.29) is 11.6 Å². The molecule has 0 aromatic carbocycles. The highest BCUT2D eigenvalue weighted by Crippen LogP contribution is 2.28. The summed E-state index contributed by atoms with van der Waals surface area (Å²) < 4.78 is 24.2. The maximum atomic E-state index is 14.1. The van der Waals surface area contributed by atoms with Crippen molar-refractivity contribution in [1.29, 1.82) is 0 Å². The zero-order valence-corrected chi connectivity index (χ0v) is 11.2. The van der Waals surface area contributed by atoms with Gasteiger partial charge in [-0.1, -0.05) is 0 Å². The Morgan fingerprint density at radius 2 is 2.21 bits per heavy atom. The van der Waals surface area contributed by atoms with Crippen LogP contribution in [-0.2, 0) is 9.47 Å². The van der Waals surface area contributed by atoms with Gasteiger partial charge in [-0.2, -0.15) is 0 Å². The topological polar surface area (TPSA) is 60.5 Å². The highest BCUT2D eigenvalue weighted by Gasteiger charge is 2.27. The van der Waals surface area contributed by atoms with E-state index in [1.54, 1.807) is 20.8 Å². The minimum Gasteiger partial charge on any atom is -0.444 e. The van der Waals surface area contributed by atoms with Gasteiger partial charge in [0.15, 0.2) is 5.82 Å². The molecule has 6 heteroatoms. The van der Waals surface area contributed by atoms with Crippen LogP contribution in [0, 0.1) is 5.82 Å². The fraction of sp³-hybridized carbons (Fsp3) is 0.538. The van der Waals surface area contributed by atoms with Gasteiger partial charge in [0.25, 0.3) is 0 Å². The third-order valence-corrected chi connectivity index (χ3v) is 2.58. The predicted octanol–water partition coefficient (Wildman–Crippen LogP) is 2.68. The molecule has 5 nitrogen and oxygen atoms in total. The summed E-state index contributed by atoms with van der Waals surface area (Å²) >= 11 is 0. The number of carbonyl (C=O) groups excluding carboxylic acids is 1. The Balaban J connectivity index is 2.10. The summed E-state index contributed by atoms with van der Waals surface area (Å²) in [4.78, 5) is 15.6. The molecule has 1 amide bonds. The van der Waals surface area contributed by atoms with E-state index in [0.717, 1.165) is 0 Å². The normalized spacial score (nSPS) is 15.8.